The van der Waals surface area contributed by atoms with Gasteiger partial charge in [0.2, 0.25) is 0 Å². The number of carbonyl (C=O) groups excluding carboxylic acids is 4. The number of esters is 2. The largest absolute Gasteiger partial charge is 0.467 e. The smallest absolute Gasteiger partial charge is 0.329 e. The number of rotatable bonds is 8. The van der Waals surface area contributed by atoms with E-state index >= 15 is 0 Å². The van der Waals surface area contributed by atoms with Crippen LogP contribution in [0.4, 0.5) is 0 Å². The topological polar surface area (TPSA) is 111 Å². The Kier molecular flexibility index (Phi) is 8.96. The van der Waals surface area contributed by atoms with Gasteiger partial charge in [0, 0.05) is 16.9 Å². The number of nitrogens with one attached hydrogen (secondary N) is 2. The minimum atomic E-state index is -0.903. The third-order valence-electron chi connectivity index (χ3n) is 3.44. The van der Waals surface area contributed by atoms with Gasteiger partial charge in [-0.2, -0.15) is 25.3 Å². The van der Waals surface area contributed by atoms with E-state index in [2.05, 4.69) is 45.4 Å². The highest BCUT2D eigenvalue weighted by Gasteiger charge is 2.26. The first-order chi connectivity index (χ1) is 12.3. The summed E-state index contributed by atoms with van der Waals surface area (Å²) in [5.41, 5.74) is 0.673. The van der Waals surface area contributed by atoms with Gasteiger partial charge in [0.05, 0.1) is 24.7 Å². The Labute approximate surface area is 165 Å². The molecule has 0 bridgehead atoms. The van der Waals surface area contributed by atoms with E-state index in [9.17, 15) is 19.2 Å². The summed E-state index contributed by atoms with van der Waals surface area (Å²) in [7, 11) is 2.42. The zero-order valence-electron chi connectivity index (χ0n) is 14.4. The predicted molar refractivity (Wildman–Crippen MR) is 103 cm³/mol. The standard InChI is InChI=1S/C15H20N2O6S3/c1-7-8(12(18)16-9(4-24)14(20)22-2)6-26-11(7)13(19)17-10(5-25)15(21)23-3/h6,9-10,24-25H,4-5H2,1-3H3,(H,16,18)(H,17,19). The van der Waals surface area contributed by atoms with Gasteiger partial charge in [-0.05, 0) is 12.5 Å². The van der Waals surface area contributed by atoms with Crippen molar-refractivity contribution in [2.45, 2.75) is 19.0 Å². The second-order valence-electron chi connectivity index (χ2n) is 5.07. The highest BCUT2D eigenvalue weighted by Crippen LogP contribution is 2.22. The summed E-state index contributed by atoms with van der Waals surface area (Å²) in [5.74, 6) is -2.14. The molecule has 2 amide bonds. The minimum Gasteiger partial charge on any atom is -0.467 e. The maximum Gasteiger partial charge on any atom is 0.329 e. The molecule has 144 valence electrons. The second-order valence-corrected chi connectivity index (χ2v) is 6.68. The highest BCUT2D eigenvalue weighted by molar-refractivity contribution is 7.80. The fraction of sp³-hybridized carbons (Fsp3) is 0.467. The number of thiophene rings is 1. The van der Waals surface area contributed by atoms with Crippen LogP contribution in [0, 0.1) is 6.92 Å². The first kappa shape index (κ1) is 22.3. The lowest BCUT2D eigenvalue weighted by Gasteiger charge is -2.15. The van der Waals surface area contributed by atoms with Crippen LogP contribution in [0.1, 0.15) is 25.6 Å². The van der Waals surface area contributed by atoms with Gasteiger partial charge in [0.1, 0.15) is 12.1 Å². The number of thiol groups is 2. The summed E-state index contributed by atoms with van der Waals surface area (Å²) < 4.78 is 9.18. The van der Waals surface area contributed by atoms with Crippen LogP contribution in [-0.4, -0.2) is 61.6 Å². The van der Waals surface area contributed by atoms with Crippen LogP contribution in [0.3, 0.4) is 0 Å². The van der Waals surface area contributed by atoms with E-state index in [0.717, 1.165) is 11.3 Å². The Balaban J connectivity index is 2.92. The van der Waals surface area contributed by atoms with Crippen LogP contribution in [0.5, 0.6) is 0 Å². The molecule has 1 rings (SSSR count). The van der Waals surface area contributed by atoms with Gasteiger partial charge >= 0.3 is 11.9 Å². The average Bonchev–Trinajstić information content (AvgIpc) is 3.03. The van der Waals surface area contributed by atoms with Crippen LogP contribution >= 0.6 is 36.6 Å². The molecular weight excluding hydrogens is 400 g/mol. The average molecular weight is 421 g/mol. The van der Waals surface area contributed by atoms with E-state index in [0.29, 0.717) is 5.56 Å². The molecule has 0 radical (unpaired) electrons. The Morgan fingerprint density at radius 2 is 1.46 bits per heavy atom. The first-order valence-electron chi connectivity index (χ1n) is 7.37. The summed E-state index contributed by atoms with van der Waals surface area (Å²) in [6, 6.07) is -1.80. The van der Waals surface area contributed by atoms with Crippen molar-refractivity contribution in [1.82, 2.24) is 10.6 Å². The van der Waals surface area contributed by atoms with Crippen LogP contribution in [0.25, 0.3) is 0 Å². The number of methoxy groups -OCH3 is 2. The van der Waals surface area contributed by atoms with Gasteiger partial charge in [-0.25, -0.2) is 9.59 Å². The predicted octanol–water partition coefficient (Wildman–Crippen LogP) is 0.459. The van der Waals surface area contributed by atoms with Crippen molar-refractivity contribution in [3.63, 3.8) is 0 Å². The normalized spacial score (nSPS) is 12.7. The summed E-state index contributed by atoms with van der Waals surface area (Å²) in [6.07, 6.45) is 0. The van der Waals surface area contributed by atoms with E-state index in [-0.39, 0.29) is 21.9 Å². The number of amides is 2. The molecule has 2 unspecified atom stereocenters. The van der Waals surface area contributed by atoms with E-state index < -0.39 is 35.8 Å². The van der Waals surface area contributed by atoms with Gasteiger partial charge in [0.25, 0.3) is 11.8 Å². The fourth-order valence-electron chi connectivity index (χ4n) is 1.97. The van der Waals surface area contributed by atoms with Crippen LogP contribution in [-0.2, 0) is 19.1 Å². The number of hydrogen-bond donors (Lipinski definition) is 4. The molecule has 1 aromatic heterocycles. The Morgan fingerprint density at radius 1 is 1.00 bits per heavy atom. The SMILES string of the molecule is COC(=O)C(CS)NC(=O)c1csc(C(=O)NC(CS)C(=O)OC)c1C. The summed E-state index contributed by atoms with van der Waals surface area (Å²) in [4.78, 5) is 48.1. The molecule has 0 saturated carbocycles. The molecule has 1 aromatic rings. The Hall–Kier alpha value is -1.72. The van der Waals surface area contributed by atoms with E-state index in [1.165, 1.54) is 19.6 Å². The number of carbonyl (C=O) groups is 4. The van der Waals surface area contributed by atoms with Gasteiger partial charge in [0.15, 0.2) is 0 Å². The lowest BCUT2D eigenvalue weighted by atomic mass is 10.1. The molecule has 0 fully saturated rings. The molecule has 8 nitrogen and oxygen atoms in total. The van der Waals surface area contributed by atoms with Crippen molar-refractivity contribution in [3.8, 4) is 0 Å². The monoisotopic (exact) mass is 420 g/mol. The second kappa shape index (κ2) is 10.4. The zero-order valence-corrected chi connectivity index (χ0v) is 17.0. The van der Waals surface area contributed by atoms with Gasteiger partial charge < -0.3 is 20.1 Å². The van der Waals surface area contributed by atoms with Crippen LogP contribution < -0.4 is 10.6 Å². The first-order valence-corrected chi connectivity index (χ1v) is 9.52. The number of ether oxygens (including phenoxy) is 2. The van der Waals surface area contributed by atoms with Crippen LogP contribution in [0.2, 0.25) is 0 Å². The molecule has 2 atom stereocenters. The molecule has 0 aliphatic carbocycles. The molecule has 0 aromatic carbocycles. The molecule has 2 N–H and O–H groups in total. The molecule has 0 saturated heterocycles. The highest BCUT2D eigenvalue weighted by atomic mass is 32.1. The molecule has 11 heteroatoms. The summed E-state index contributed by atoms with van der Waals surface area (Å²) in [5, 5.41) is 6.51. The molecule has 1 heterocycles. The lowest BCUT2D eigenvalue weighted by Crippen LogP contribution is -2.43. The van der Waals surface area contributed by atoms with Crippen molar-refractivity contribution in [1.29, 1.82) is 0 Å². The van der Waals surface area contributed by atoms with Gasteiger partial charge in [-0.15, -0.1) is 11.3 Å². The molecule has 0 aliphatic rings. The Morgan fingerprint density at radius 3 is 1.88 bits per heavy atom. The third-order valence-corrected chi connectivity index (χ3v) is 5.25. The van der Waals surface area contributed by atoms with Gasteiger partial charge in [-0.1, -0.05) is 0 Å². The maximum absolute atomic E-state index is 12.4. The van der Waals surface area contributed by atoms with E-state index in [4.69, 9.17) is 0 Å². The van der Waals surface area contributed by atoms with Gasteiger partial charge in [-0.3, -0.25) is 9.59 Å². The van der Waals surface area contributed by atoms with Crippen molar-refractivity contribution in [3.05, 3.63) is 21.4 Å². The molecule has 0 spiro atoms. The zero-order chi connectivity index (χ0) is 19.9. The van der Waals surface area contributed by atoms with E-state index in [1.807, 2.05) is 0 Å². The lowest BCUT2D eigenvalue weighted by molar-refractivity contribution is -0.143. The molecule has 0 aliphatic heterocycles. The molecular formula is C15H20N2O6S3. The summed E-state index contributed by atoms with van der Waals surface area (Å²) in [6.45, 7) is 1.60. The Bertz CT molecular complexity index is 635. The van der Waals surface area contributed by atoms with Crippen molar-refractivity contribution < 1.29 is 28.7 Å². The number of hydrogen-bond acceptors (Lipinski definition) is 9. The minimum absolute atomic E-state index is 0.0672. The van der Waals surface area contributed by atoms with Crippen LogP contribution in [0.15, 0.2) is 5.38 Å². The quantitative estimate of drug-likeness (QED) is 0.359. The van der Waals surface area contributed by atoms with Crippen molar-refractivity contribution in [2.75, 3.05) is 25.7 Å². The maximum atomic E-state index is 12.4. The van der Waals surface area contributed by atoms with Crippen molar-refractivity contribution in [2.24, 2.45) is 0 Å². The van der Waals surface area contributed by atoms with Crippen molar-refractivity contribution >= 4 is 60.3 Å². The third kappa shape index (κ3) is 5.39. The fourth-order valence-corrected chi connectivity index (χ4v) is 3.42. The molecule has 26 heavy (non-hydrogen) atoms. The van der Waals surface area contributed by atoms with E-state index in [1.54, 1.807) is 6.92 Å². The summed E-state index contributed by atoms with van der Waals surface area (Å²) >= 11 is 9.07.